The maximum atomic E-state index is 12.7. The molecule has 0 spiro atoms. The third kappa shape index (κ3) is 5.30. The molecule has 1 rings (SSSR count). The van der Waals surface area contributed by atoms with E-state index in [1.165, 1.54) is 12.1 Å². The van der Waals surface area contributed by atoms with Crippen LogP contribution in [0.4, 0.5) is 4.39 Å². The summed E-state index contributed by atoms with van der Waals surface area (Å²) in [6.07, 6.45) is 3.67. The fourth-order valence-electron chi connectivity index (χ4n) is 2.13. The van der Waals surface area contributed by atoms with Crippen LogP contribution >= 0.6 is 0 Å². The van der Waals surface area contributed by atoms with Gasteiger partial charge in [0.2, 0.25) is 0 Å². The number of halogens is 1. The largest absolute Gasteiger partial charge is 0.481 e. The average Bonchev–Trinajstić information content (AvgIpc) is 2.31. The Hall–Kier alpha value is -1.38. The third-order valence-corrected chi connectivity index (χ3v) is 3.25. The van der Waals surface area contributed by atoms with Gasteiger partial charge in [-0.1, -0.05) is 32.4 Å². The Morgan fingerprint density at radius 3 is 2.44 bits per heavy atom. The van der Waals surface area contributed by atoms with Gasteiger partial charge in [0.25, 0.3) is 0 Å². The van der Waals surface area contributed by atoms with Crippen LogP contribution in [0.2, 0.25) is 0 Å². The fraction of sp³-hybridized carbons (Fsp3) is 0.533. The lowest BCUT2D eigenvalue weighted by atomic mass is 9.92. The number of aryl methyl sites for hydroxylation is 1. The molecule has 2 unspecified atom stereocenters. The molecule has 1 aromatic rings. The van der Waals surface area contributed by atoms with E-state index in [0.29, 0.717) is 5.92 Å². The molecule has 0 aliphatic heterocycles. The van der Waals surface area contributed by atoms with Crippen molar-refractivity contribution in [1.29, 1.82) is 0 Å². The van der Waals surface area contributed by atoms with Gasteiger partial charge in [0.1, 0.15) is 5.82 Å². The zero-order chi connectivity index (χ0) is 13.5. The number of carbonyl (C=O) groups is 1. The van der Waals surface area contributed by atoms with E-state index in [1.54, 1.807) is 19.1 Å². The summed E-state index contributed by atoms with van der Waals surface area (Å²) in [7, 11) is 0. The van der Waals surface area contributed by atoms with E-state index >= 15 is 0 Å². The Morgan fingerprint density at radius 2 is 1.89 bits per heavy atom. The van der Waals surface area contributed by atoms with Gasteiger partial charge in [0.15, 0.2) is 0 Å². The number of aliphatic carboxylic acids is 1. The van der Waals surface area contributed by atoms with Crippen LogP contribution in [0.1, 0.15) is 38.7 Å². The molecule has 1 aromatic carbocycles. The summed E-state index contributed by atoms with van der Waals surface area (Å²) >= 11 is 0. The van der Waals surface area contributed by atoms with Crippen molar-refractivity contribution in [3.05, 3.63) is 35.6 Å². The quantitative estimate of drug-likeness (QED) is 0.799. The van der Waals surface area contributed by atoms with Gasteiger partial charge in [-0.2, -0.15) is 0 Å². The van der Waals surface area contributed by atoms with Crippen molar-refractivity contribution in [2.24, 2.45) is 11.8 Å². The molecule has 0 saturated heterocycles. The second-order valence-electron chi connectivity index (χ2n) is 5.10. The highest BCUT2D eigenvalue weighted by Crippen LogP contribution is 2.18. The van der Waals surface area contributed by atoms with Crippen molar-refractivity contribution >= 4 is 5.97 Å². The number of carboxylic acids is 1. The summed E-state index contributed by atoms with van der Waals surface area (Å²) in [5.74, 6) is -0.787. The first kappa shape index (κ1) is 14.7. The SMILES string of the molecule is CC(CCCc1ccc(F)cc1)CC(C)C(=O)O. The second-order valence-corrected chi connectivity index (χ2v) is 5.10. The first-order valence-corrected chi connectivity index (χ1v) is 6.46. The highest BCUT2D eigenvalue weighted by atomic mass is 19.1. The topological polar surface area (TPSA) is 37.3 Å². The summed E-state index contributed by atoms with van der Waals surface area (Å²) in [6, 6.07) is 6.57. The molecule has 0 saturated carbocycles. The van der Waals surface area contributed by atoms with Crippen molar-refractivity contribution < 1.29 is 14.3 Å². The molecule has 0 aromatic heterocycles. The molecule has 100 valence electrons. The molecule has 2 nitrogen and oxygen atoms in total. The predicted molar refractivity (Wildman–Crippen MR) is 69.9 cm³/mol. The zero-order valence-corrected chi connectivity index (χ0v) is 11.0. The lowest BCUT2D eigenvalue weighted by Crippen LogP contribution is -2.13. The monoisotopic (exact) mass is 252 g/mol. The van der Waals surface area contributed by atoms with Crippen LogP contribution < -0.4 is 0 Å². The molecular formula is C15H21FO2. The van der Waals surface area contributed by atoms with Crippen molar-refractivity contribution in [3.8, 4) is 0 Å². The molecule has 0 bridgehead atoms. The second kappa shape index (κ2) is 7.14. The van der Waals surface area contributed by atoms with E-state index < -0.39 is 5.97 Å². The summed E-state index contributed by atoms with van der Waals surface area (Å²) in [5.41, 5.74) is 1.13. The number of hydrogen-bond donors (Lipinski definition) is 1. The van der Waals surface area contributed by atoms with Gasteiger partial charge in [0.05, 0.1) is 5.92 Å². The molecule has 3 heteroatoms. The molecule has 18 heavy (non-hydrogen) atoms. The molecule has 0 aliphatic carbocycles. The van der Waals surface area contributed by atoms with Gasteiger partial charge in [-0.25, -0.2) is 4.39 Å². The van der Waals surface area contributed by atoms with Gasteiger partial charge in [0, 0.05) is 0 Å². The molecule has 0 amide bonds. The summed E-state index contributed by atoms with van der Waals surface area (Å²) < 4.78 is 12.7. The normalized spacial score (nSPS) is 14.2. The number of benzene rings is 1. The standard InChI is InChI=1S/C15H21FO2/c1-11(10-12(2)15(17)18)4-3-5-13-6-8-14(16)9-7-13/h6-9,11-12H,3-5,10H2,1-2H3,(H,17,18). The maximum absolute atomic E-state index is 12.7. The minimum absolute atomic E-state index is 0.206. The van der Waals surface area contributed by atoms with Crippen LogP contribution in [0.5, 0.6) is 0 Å². The number of carboxylic acid groups (broad SMARTS) is 1. The molecule has 1 N–H and O–H groups in total. The summed E-state index contributed by atoms with van der Waals surface area (Å²) in [6.45, 7) is 3.84. The Kier molecular flexibility index (Phi) is 5.83. The third-order valence-electron chi connectivity index (χ3n) is 3.25. The predicted octanol–water partition coefficient (Wildman–Crippen LogP) is 3.90. The summed E-state index contributed by atoms with van der Waals surface area (Å²) in [4.78, 5) is 10.7. The lowest BCUT2D eigenvalue weighted by Gasteiger charge is -2.13. The molecule has 0 aliphatic rings. The van der Waals surface area contributed by atoms with E-state index in [-0.39, 0.29) is 11.7 Å². The van der Waals surface area contributed by atoms with Gasteiger partial charge in [-0.3, -0.25) is 4.79 Å². The zero-order valence-electron chi connectivity index (χ0n) is 11.0. The van der Waals surface area contributed by atoms with E-state index in [1.807, 2.05) is 0 Å². The van der Waals surface area contributed by atoms with Crippen molar-refractivity contribution in [2.45, 2.75) is 39.5 Å². The highest BCUT2D eigenvalue weighted by Gasteiger charge is 2.14. The lowest BCUT2D eigenvalue weighted by molar-refractivity contribution is -0.141. The Balaban J connectivity index is 2.25. The van der Waals surface area contributed by atoms with Crippen LogP contribution in [0.15, 0.2) is 24.3 Å². The van der Waals surface area contributed by atoms with Crippen LogP contribution in [0.3, 0.4) is 0 Å². The van der Waals surface area contributed by atoms with Crippen LogP contribution in [0.25, 0.3) is 0 Å². The average molecular weight is 252 g/mol. The smallest absolute Gasteiger partial charge is 0.306 e. The van der Waals surface area contributed by atoms with Crippen molar-refractivity contribution in [3.63, 3.8) is 0 Å². The molecule has 0 radical (unpaired) electrons. The van der Waals surface area contributed by atoms with Gasteiger partial charge in [-0.15, -0.1) is 0 Å². The summed E-state index contributed by atoms with van der Waals surface area (Å²) in [5, 5.41) is 8.82. The minimum Gasteiger partial charge on any atom is -0.481 e. The number of rotatable bonds is 7. The minimum atomic E-state index is -0.722. The molecule has 0 fully saturated rings. The van der Waals surface area contributed by atoms with Gasteiger partial charge < -0.3 is 5.11 Å². The Bertz CT molecular complexity index is 373. The van der Waals surface area contributed by atoms with E-state index in [0.717, 1.165) is 31.2 Å². The van der Waals surface area contributed by atoms with Crippen molar-refractivity contribution in [2.75, 3.05) is 0 Å². The van der Waals surface area contributed by atoms with Crippen LogP contribution in [0, 0.1) is 17.7 Å². The first-order chi connectivity index (χ1) is 8.49. The Morgan fingerprint density at radius 1 is 1.28 bits per heavy atom. The Labute approximate surface area is 108 Å². The maximum Gasteiger partial charge on any atom is 0.306 e. The highest BCUT2D eigenvalue weighted by molar-refractivity contribution is 5.69. The van der Waals surface area contributed by atoms with E-state index in [4.69, 9.17) is 5.11 Å². The van der Waals surface area contributed by atoms with E-state index in [2.05, 4.69) is 6.92 Å². The first-order valence-electron chi connectivity index (χ1n) is 6.46. The van der Waals surface area contributed by atoms with E-state index in [9.17, 15) is 9.18 Å². The number of hydrogen-bond acceptors (Lipinski definition) is 1. The van der Waals surface area contributed by atoms with Gasteiger partial charge in [-0.05, 0) is 42.9 Å². The van der Waals surface area contributed by atoms with Crippen LogP contribution in [-0.4, -0.2) is 11.1 Å². The fourth-order valence-corrected chi connectivity index (χ4v) is 2.13. The molecular weight excluding hydrogens is 231 g/mol. The molecule has 0 heterocycles. The van der Waals surface area contributed by atoms with Crippen molar-refractivity contribution in [1.82, 2.24) is 0 Å². The van der Waals surface area contributed by atoms with Gasteiger partial charge >= 0.3 is 5.97 Å². The van der Waals surface area contributed by atoms with Crippen LogP contribution in [-0.2, 0) is 11.2 Å². The molecule has 2 atom stereocenters.